The number of hydrogen-bond donors (Lipinski definition) is 0. The molecule has 0 amide bonds. The number of likely N-dealkylation sites (N-methyl/N-ethyl adjacent to an activating group) is 1. The summed E-state index contributed by atoms with van der Waals surface area (Å²) in [4.78, 5) is 24.7. The van der Waals surface area contributed by atoms with Crippen LogP contribution in [0.1, 0.15) is 78.1 Å². The molecule has 0 radical (unpaired) electrons. The number of carbonyl (C=O) groups excluding carboxylic acids is 2. The maximum atomic E-state index is 11.5. The SMILES string of the molecule is CCCCCCCCCCCC(=O)OC(=O)CN(C)CC. The van der Waals surface area contributed by atoms with Gasteiger partial charge in [-0.05, 0) is 20.0 Å². The highest BCUT2D eigenvalue weighted by Crippen LogP contribution is 2.10. The summed E-state index contributed by atoms with van der Waals surface area (Å²) in [5.41, 5.74) is 0. The van der Waals surface area contributed by atoms with E-state index >= 15 is 0 Å². The summed E-state index contributed by atoms with van der Waals surface area (Å²) in [6.07, 6.45) is 11.2. The molecule has 0 aliphatic heterocycles. The fourth-order valence-electron chi connectivity index (χ4n) is 2.12. The van der Waals surface area contributed by atoms with Crippen LogP contribution in [0.25, 0.3) is 0 Å². The van der Waals surface area contributed by atoms with Gasteiger partial charge in [0.25, 0.3) is 0 Å². The van der Waals surface area contributed by atoms with Crippen molar-refractivity contribution in [2.75, 3.05) is 20.1 Å². The molecular formula is C17H33NO3. The van der Waals surface area contributed by atoms with E-state index in [1.54, 1.807) is 0 Å². The fourth-order valence-corrected chi connectivity index (χ4v) is 2.12. The molecule has 0 rings (SSSR count). The van der Waals surface area contributed by atoms with E-state index in [0.29, 0.717) is 6.42 Å². The third kappa shape index (κ3) is 13.8. The van der Waals surface area contributed by atoms with Crippen LogP contribution in [0.4, 0.5) is 0 Å². The van der Waals surface area contributed by atoms with Crippen LogP contribution in [0.5, 0.6) is 0 Å². The molecule has 0 spiro atoms. The van der Waals surface area contributed by atoms with Gasteiger partial charge in [-0.2, -0.15) is 0 Å². The molecule has 0 aromatic carbocycles. The minimum absolute atomic E-state index is 0.181. The molecule has 21 heavy (non-hydrogen) atoms. The Bertz CT molecular complexity index is 279. The summed E-state index contributed by atoms with van der Waals surface area (Å²) in [6.45, 7) is 5.13. The molecule has 0 saturated heterocycles. The summed E-state index contributed by atoms with van der Waals surface area (Å²) in [7, 11) is 1.83. The van der Waals surface area contributed by atoms with Gasteiger partial charge >= 0.3 is 11.9 Å². The summed E-state index contributed by atoms with van der Waals surface area (Å²) in [5.74, 6) is -0.826. The first-order valence-corrected chi connectivity index (χ1v) is 8.52. The normalized spacial score (nSPS) is 10.9. The largest absolute Gasteiger partial charge is 0.392 e. The lowest BCUT2D eigenvalue weighted by Gasteiger charge is -2.11. The van der Waals surface area contributed by atoms with Crippen LogP contribution >= 0.6 is 0 Å². The Morgan fingerprint density at radius 3 is 1.86 bits per heavy atom. The van der Waals surface area contributed by atoms with Crippen LogP contribution < -0.4 is 0 Å². The van der Waals surface area contributed by atoms with Crippen molar-refractivity contribution >= 4 is 11.9 Å². The number of nitrogens with zero attached hydrogens (tertiary/aromatic N) is 1. The van der Waals surface area contributed by atoms with Gasteiger partial charge in [0.15, 0.2) is 0 Å². The molecule has 0 unspecified atom stereocenters. The van der Waals surface area contributed by atoms with Gasteiger partial charge < -0.3 is 4.74 Å². The van der Waals surface area contributed by atoms with E-state index in [1.165, 1.54) is 44.9 Å². The second-order valence-electron chi connectivity index (χ2n) is 5.75. The van der Waals surface area contributed by atoms with Gasteiger partial charge in [0.2, 0.25) is 0 Å². The standard InChI is InChI=1S/C17H33NO3/c1-4-6-7-8-9-10-11-12-13-14-16(19)21-17(20)15-18(3)5-2/h4-15H2,1-3H3. The van der Waals surface area contributed by atoms with Crippen molar-refractivity contribution in [1.29, 1.82) is 0 Å². The van der Waals surface area contributed by atoms with Gasteiger partial charge in [0.05, 0.1) is 6.54 Å². The molecule has 0 heterocycles. The lowest BCUT2D eigenvalue weighted by Crippen LogP contribution is -2.28. The zero-order valence-electron chi connectivity index (χ0n) is 14.2. The van der Waals surface area contributed by atoms with Gasteiger partial charge in [0, 0.05) is 6.42 Å². The molecule has 4 nitrogen and oxygen atoms in total. The highest BCUT2D eigenvalue weighted by molar-refractivity contribution is 5.86. The molecule has 0 N–H and O–H groups in total. The van der Waals surface area contributed by atoms with Gasteiger partial charge in [0.1, 0.15) is 0 Å². The van der Waals surface area contributed by atoms with E-state index < -0.39 is 5.97 Å². The number of hydrogen-bond acceptors (Lipinski definition) is 4. The molecule has 0 bridgehead atoms. The highest BCUT2D eigenvalue weighted by Gasteiger charge is 2.11. The van der Waals surface area contributed by atoms with E-state index in [9.17, 15) is 9.59 Å². The van der Waals surface area contributed by atoms with Crippen LogP contribution in [0.2, 0.25) is 0 Å². The number of esters is 2. The Labute approximate surface area is 130 Å². The van der Waals surface area contributed by atoms with Crippen LogP contribution in [0, 0.1) is 0 Å². The molecule has 0 saturated carbocycles. The molecule has 0 aliphatic rings. The maximum absolute atomic E-state index is 11.5. The smallest absolute Gasteiger partial charge is 0.327 e. The third-order valence-corrected chi connectivity index (χ3v) is 3.65. The van der Waals surface area contributed by atoms with E-state index in [2.05, 4.69) is 6.92 Å². The summed E-state index contributed by atoms with van der Waals surface area (Å²) >= 11 is 0. The second kappa shape index (κ2) is 14.1. The quantitative estimate of drug-likeness (QED) is 0.294. The average Bonchev–Trinajstić information content (AvgIpc) is 2.45. The van der Waals surface area contributed by atoms with Crippen molar-refractivity contribution in [2.24, 2.45) is 0 Å². The fraction of sp³-hybridized carbons (Fsp3) is 0.882. The zero-order chi connectivity index (χ0) is 15.9. The van der Waals surface area contributed by atoms with E-state index in [0.717, 1.165) is 19.4 Å². The van der Waals surface area contributed by atoms with E-state index in [4.69, 9.17) is 4.74 Å². The Morgan fingerprint density at radius 2 is 1.33 bits per heavy atom. The van der Waals surface area contributed by atoms with Crippen molar-refractivity contribution in [1.82, 2.24) is 4.90 Å². The number of rotatable bonds is 13. The Kier molecular flexibility index (Phi) is 13.5. The zero-order valence-corrected chi connectivity index (χ0v) is 14.2. The van der Waals surface area contributed by atoms with Crippen LogP contribution in [-0.2, 0) is 14.3 Å². The van der Waals surface area contributed by atoms with E-state index in [1.807, 2.05) is 18.9 Å². The van der Waals surface area contributed by atoms with Crippen LogP contribution in [-0.4, -0.2) is 37.0 Å². The van der Waals surface area contributed by atoms with Gasteiger partial charge in [-0.15, -0.1) is 0 Å². The van der Waals surface area contributed by atoms with Crippen LogP contribution in [0.15, 0.2) is 0 Å². The van der Waals surface area contributed by atoms with Gasteiger partial charge in [-0.1, -0.05) is 65.2 Å². The van der Waals surface area contributed by atoms with Crippen molar-refractivity contribution in [3.63, 3.8) is 0 Å². The first-order chi connectivity index (χ1) is 10.1. The molecule has 0 fully saturated rings. The predicted octanol–water partition coefficient (Wildman–Crippen LogP) is 3.93. The van der Waals surface area contributed by atoms with Gasteiger partial charge in [-0.25, -0.2) is 0 Å². The molecular weight excluding hydrogens is 266 g/mol. The average molecular weight is 299 g/mol. The Balaban J connectivity index is 3.39. The van der Waals surface area contributed by atoms with Gasteiger partial charge in [-0.3, -0.25) is 14.5 Å². The van der Waals surface area contributed by atoms with E-state index in [-0.39, 0.29) is 12.5 Å². The lowest BCUT2D eigenvalue weighted by atomic mass is 10.1. The summed E-state index contributed by atoms with van der Waals surface area (Å²) in [5, 5.41) is 0. The Morgan fingerprint density at radius 1 is 0.810 bits per heavy atom. The third-order valence-electron chi connectivity index (χ3n) is 3.65. The molecule has 124 valence electrons. The first kappa shape index (κ1) is 20.1. The number of ether oxygens (including phenoxy) is 1. The minimum atomic E-state index is -0.444. The van der Waals surface area contributed by atoms with Crippen molar-refractivity contribution < 1.29 is 14.3 Å². The second-order valence-corrected chi connectivity index (χ2v) is 5.75. The molecule has 0 aromatic rings. The highest BCUT2D eigenvalue weighted by atomic mass is 16.6. The Hall–Kier alpha value is -0.900. The predicted molar refractivity (Wildman–Crippen MR) is 86.1 cm³/mol. The van der Waals surface area contributed by atoms with Crippen molar-refractivity contribution in [2.45, 2.75) is 78.1 Å². The molecule has 0 aliphatic carbocycles. The molecule has 4 heteroatoms. The number of carbonyl (C=O) groups is 2. The summed E-state index contributed by atoms with van der Waals surface area (Å²) in [6, 6.07) is 0. The maximum Gasteiger partial charge on any atom is 0.327 e. The summed E-state index contributed by atoms with van der Waals surface area (Å²) < 4.78 is 4.78. The monoisotopic (exact) mass is 299 g/mol. The first-order valence-electron chi connectivity index (χ1n) is 8.52. The minimum Gasteiger partial charge on any atom is -0.392 e. The molecule has 0 aromatic heterocycles. The lowest BCUT2D eigenvalue weighted by molar-refractivity contribution is -0.160. The number of unbranched alkanes of at least 4 members (excludes halogenated alkanes) is 8. The molecule has 0 atom stereocenters. The van der Waals surface area contributed by atoms with Crippen molar-refractivity contribution in [3.05, 3.63) is 0 Å². The van der Waals surface area contributed by atoms with Crippen molar-refractivity contribution in [3.8, 4) is 0 Å². The van der Waals surface area contributed by atoms with Crippen LogP contribution in [0.3, 0.4) is 0 Å². The topological polar surface area (TPSA) is 46.6 Å².